The Balaban J connectivity index is 1.65. The molecule has 3 aromatic rings. The van der Waals surface area contributed by atoms with Gasteiger partial charge in [-0.1, -0.05) is 35.1 Å². The van der Waals surface area contributed by atoms with Gasteiger partial charge >= 0.3 is 0 Å². The maximum atomic E-state index is 13.5. The van der Waals surface area contributed by atoms with Crippen molar-refractivity contribution in [2.75, 3.05) is 45.8 Å². The average molecular weight is 462 g/mol. The predicted molar refractivity (Wildman–Crippen MR) is 123 cm³/mol. The molecular weight excluding hydrogens is 438 g/mol. The van der Waals surface area contributed by atoms with Crippen LogP contribution in [-0.4, -0.2) is 62.8 Å². The van der Waals surface area contributed by atoms with E-state index in [1.54, 1.807) is 30.2 Å². The lowest BCUT2D eigenvalue weighted by atomic mass is 10.2. The molecule has 0 saturated carbocycles. The van der Waals surface area contributed by atoms with E-state index in [1.807, 2.05) is 32.3 Å². The Labute approximate surface area is 190 Å². The van der Waals surface area contributed by atoms with E-state index in [9.17, 15) is 4.79 Å². The van der Waals surface area contributed by atoms with Crippen LogP contribution in [0, 0.1) is 0 Å². The van der Waals surface area contributed by atoms with E-state index >= 15 is 0 Å². The molecule has 0 aliphatic carbocycles. The molecule has 9 heteroatoms. The molecule has 0 spiro atoms. The molecule has 2 heterocycles. The summed E-state index contributed by atoms with van der Waals surface area (Å²) in [4.78, 5) is 22.0. The van der Waals surface area contributed by atoms with Gasteiger partial charge in [-0.3, -0.25) is 9.69 Å². The molecule has 1 atom stereocenters. The van der Waals surface area contributed by atoms with Gasteiger partial charge in [0.15, 0.2) is 16.6 Å². The van der Waals surface area contributed by atoms with E-state index in [-0.39, 0.29) is 12.5 Å². The molecule has 1 aromatic heterocycles. The van der Waals surface area contributed by atoms with Gasteiger partial charge in [-0.2, -0.15) is 0 Å². The zero-order valence-corrected chi connectivity index (χ0v) is 19.2. The van der Waals surface area contributed by atoms with Crippen LogP contribution in [0.15, 0.2) is 36.4 Å². The van der Waals surface area contributed by atoms with Crippen LogP contribution in [0.5, 0.6) is 17.2 Å². The molecule has 0 unspecified atom stereocenters. The highest BCUT2D eigenvalue weighted by Crippen LogP contribution is 2.39. The van der Waals surface area contributed by atoms with Crippen LogP contribution in [0.3, 0.4) is 0 Å². The normalized spacial score (nSPS) is 15.3. The van der Waals surface area contributed by atoms with Crippen molar-refractivity contribution in [2.24, 2.45) is 0 Å². The number of rotatable bonds is 7. The van der Waals surface area contributed by atoms with Gasteiger partial charge in [0.25, 0.3) is 5.91 Å². The molecule has 2 aromatic carbocycles. The highest BCUT2D eigenvalue weighted by molar-refractivity contribution is 7.23. The molecule has 1 amide bonds. The highest BCUT2D eigenvalue weighted by Gasteiger charge is 2.33. The molecule has 7 nitrogen and oxygen atoms in total. The van der Waals surface area contributed by atoms with Gasteiger partial charge in [-0.15, -0.1) is 0 Å². The van der Waals surface area contributed by atoms with E-state index in [0.717, 1.165) is 17.7 Å². The molecule has 0 fully saturated rings. The molecular formula is C22H24ClN3O4S. The van der Waals surface area contributed by atoms with Gasteiger partial charge < -0.3 is 19.1 Å². The molecule has 0 bridgehead atoms. The largest absolute Gasteiger partial charge is 0.494 e. The monoisotopic (exact) mass is 461 g/mol. The van der Waals surface area contributed by atoms with Crippen molar-refractivity contribution < 1.29 is 19.0 Å². The van der Waals surface area contributed by atoms with E-state index in [1.165, 1.54) is 11.3 Å². The maximum absolute atomic E-state index is 13.5. The molecule has 0 radical (unpaired) electrons. The second kappa shape index (κ2) is 9.30. The third-order valence-electron chi connectivity index (χ3n) is 4.94. The van der Waals surface area contributed by atoms with Crippen molar-refractivity contribution in [2.45, 2.75) is 12.5 Å². The summed E-state index contributed by atoms with van der Waals surface area (Å²) in [6.45, 7) is 1.48. The number of ether oxygens (including phenoxy) is 3. The Morgan fingerprint density at radius 3 is 2.74 bits per heavy atom. The molecule has 1 aliphatic rings. The van der Waals surface area contributed by atoms with Crippen LogP contribution in [0.2, 0.25) is 5.02 Å². The number of methoxy groups -OCH3 is 1. The summed E-state index contributed by atoms with van der Waals surface area (Å²) >= 11 is 7.76. The van der Waals surface area contributed by atoms with Crippen LogP contribution in [0.25, 0.3) is 10.2 Å². The van der Waals surface area contributed by atoms with Gasteiger partial charge in [0, 0.05) is 6.54 Å². The number of aromatic nitrogens is 1. The number of carbonyl (C=O) groups is 1. The van der Waals surface area contributed by atoms with Crippen molar-refractivity contribution >= 4 is 44.2 Å². The molecule has 164 valence electrons. The fourth-order valence-corrected chi connectivity index (χ4v) is 4.67. The van der Waals surface area contributed by atoms with E-state index in [2.05, 4.69) is 4.90 Å². The van der Waals surface area contributed by atoms with Gasteiger partial charge in [0.05, 0.1) is 16.8 Å². The summed E-state index contributed by atoms with van der Waals surface area (Å²) < 4.78 is 17.9. The van der Waals surface area contributed by atoms with E-state index < -0.39 is 6.10 Å². The fourth-order valence-electron chi connectivity index (χ4n) is 3.38. The molecule has 0 saturated heterocycles. The number of para-hydroxylation sites is 2. The topological polar surface area (TPSA) is 64.1 Å². The summed E-state index contributed by atoms with van der Waals surface area (Å²) in [5, 5.41) is 1.14. The standard InChI is InChI=1S/C22H24ClN3O4S/c1-25(2)11-6-12-26(21(27)18-13-29-15-7-4-5-8-16(15)30-18)22-24-19-17(28-3)10-9-14(23)20(19)31-22/h4-5,7-10,18H,6,11-13H2,1-3H3/t18-/m0/s1. The Morgan fingerprint density at radius 1 is 1.23 bits per heavy atom. The van der Waals surface area contributed by atoms with Gasteiger partial charge in [-0.05, 0) is 51.3 Å². The van der Waals surface area contributed by atoms with Crippen LogP contribution < -0.4 is 19.1 Å². The zero-order chi connectivity index (χ0) is 22.0. The number of nitrogens with zero attached hydrogens (tertiary/aromatic N) is 3. The first-order valence-corrected chi connectivity index (χ1v) is 11.1. The zero-order valence-electron chi connectivity index (χ0n) is 17.6. The van der Waals surface area contributed by atoms with Crippen LogP contribution in [0.4, 0.5) is 5.13 Å². The number of fused-ring (bicyclic) bond motifs is 2. The van der Waals surface area contributed by atoms with Gasteiger partial charge in [-0.25, -0.2) is 4.98 Å². The summed E-state index contributed by atoms with van der Waals surface area (Å²) in [6.07, 6.45) is 0.0302. The smallest absolute Gasteiger partial charge is 0.273 e. The maximum Gasteiger partial charge on any atom is 0.273 e. The van der Waals surface area contributed by atoms with E-state index in [4.69, 9.17) is 30.8 Å². The Hall–Kier alpha value is -2.55. The highest BCUT2D eigenvalue weighted by atomic mass is 35.5. The minimum absolute atomic E-state index is 0.148. The molecule has 31 heavy (non-hydrogen) atoms. The van der Waals surface area contributed by atoms with Crippen LogP contribution >= 0.6 is 22.9 Å². The lowest BCUT2D eigenvalue weighted by Crippen LogP contribution is -2.47. The third kappa shape index (κ3) is 4.56. The SMILES string of the molecule is COc1ccc(Cl)c2sc(N(CCCN(C)C)C(=O)[C@@H]3COc4ccccc4O3)nc12. The first-order chi connectivity index (χ1) is 15.0. The fraction of sp³-hybridized carbons (Fsp3) is 0.364. The van der Waals surface area contributed by atoms with Crippen molar-refractivity contribution in [3.05, 3.63) is 41.4 Å². The van der Waals surface area contributed by atoms with Gasteiger partial charge in [0.1, 0.15) is 17.9 Å². The Morgan fingerprint density at radius 2 is 2.00 bits per heavy atom. The number of halogens is 1. The minimum atomic E-state index is -0.751. The Bertz CT molecular complexity index is 1090. The first-order valence-electron chi connectivity index (χ1n) is 9.95. The average Bonchev–Trinajstić information content (AvgIpc) is 3.22. The second-order valence-corrected chi connectivity index (χ2v) is 8.82. The summed E-state index contributed by atoms with van der Waals surface area (Å²) in [5.41, 5.74) is 0.645. The van der Waals surface area contributed by atoms with E-state index in [0.29, 0.717) is 39.5 Å². The first kappa shape index (κ1) is 21.7. The predicted octanol–water partition coefficient (Wildman–Crippen LogP) is 4.08. The minimum Gasteiger partial charge on any atom is -0.494 e. The van der Waals surface area contributed by atoms with Crippen molar-refractivity contribution in [1.82, 2.24) is 9.88 Å². The number of carbonyl (C=O) groups excluding carboxylic acids is 1. The number of hydrogen-bond acceptors (Lipinski definition) is 7. The number of anilines is 1. The number of amides is 1. The number of thiazole rings is 1. The number of benzene rings is 2. The van der Waals surface area contributed by atoms with Crippen LogP contribution in [0.1, 0.15) is 6.42 Å². The molecule has 4 rings (SSSR count). The summed E-state index contributed by atoms with van der Waals surface area (Å²) in [7, 11) is 5.60. The van der Waals surface area contributed by atoms with Crippen molar-refractivity contribution in [3.63, 3.8) is 0 Å². The van der Waals surface area contributed by atoms with Crippen molar-refractivity contribution in [1.29, 1.82) is 0 Å². The molecule has 0 N–H and O–H groups in total. The third-order valence-corrected chi connectivity index (χ3v) is 6.47. The quantitative estimate of drug-likeness (QED) is 0.528. The Kier molecular flexibility index (Phi) is 6.50. The van der Waals surface area contributed by atoms with Crippen molar-refractivity contribution in [3.8, 4) is 17.2 Å². The molecule has 1 aliphatic heterocycles. The summed E-state index contributed by atoms with van der Waals surface area (Å²) in [5.74, 6) is 1.63. The summed E-state index contributed by atoms with van der Waals surface area (Å²) in [6, 6.07) is 10.9. The second-order valence-electron chi connectivity index (χ2n) is 7.43. The van der Waals surface area contributed by atoms with Gasteiger partial charge in [0.2, 0.25) is 6.10 Å². The lowest BCUT2D eigenvalue weighted by molar-refractivity contribution is -0.127. The lowest BCUT2D eigenvalue weighted by Gasteiger charge is -2.29. The number of hydrogen-bond donors (Lipinski definition) is 0. The van der Waals surface area contributed by atoms with Crippen LogP contribution in [-0.2, 0) is 4.79 Å².